The summed E-state index contributed by atoms with van der Waals surface area (Å²) in [7, 11) is 0. The van der Waals surface area contributed by atoms with Crippen LogP contribution in [-0.4, -0.2) is 35.8 Å². The third-order valence-electron chi connectivity index (χ3n) is 4.12. The molecule has 1 fully saturated rings. The lowest BCUT2D eigenvalue weighted by molar-refractivity contribution is -0.142. The van der Waals surface area contributed by atoms with Gasteiger partial charge in [0, 0.05) is 25.2 Å². The maximum atomic E-state index is 13.7. The molecule has 0 aromatic heterocycles. The van der Waals surface area contributed by atoms with Crippen LogP contribution in [0.15, 0.2) is 18.2 Å². The quantitative estimate of drug-likeness (QED) is 0.840. The van der Waals surface area contributed by atoms with Gasteiger partial charge in [0.1, 0.15) is 11.9 Å². The Bertz CT molecular complexity index is 622. The second-order valence-corrected chi connectivity index (χ2v) is 7.42. The van der Waals surface area contributed by atoms with E-state index in [1.54, 1.807) is 35.8 Å². The highest BCUT2D eigenvalue weighted by atomic mass is 19.1. The van der Waals surface area contributed by atoms with Crippen LogP contribution in [0.3, 0.4) is 0 Å². The molecule has 1 aliphatic heterocycles. The number of benzene rings is 1. The van der Waals surface area contributed by atoms with E-state index >= 15 is 0 Å². The number of hydrogen-bond acceptors (Lipinski definition) is 2. The van der Waals surface area contributed by atoms with Gasteiger partial charge in [0.15, 0.2) is 0 Å². The summed E-state index contributed by atoms with van der Waals surface area (Å²) in [5.74, 6) is -0.496. The summed E-state index contributed by atoms with van der Waals surface area (Å²) in [6, 6.07) is 4.27. The highest BCUT2D eigenvalue weighted by Crippen LogP contribution is 2.25. The molecule has 0 aliphatic carbocycles. The molecule has 1 aromatic rings. The van der Waals surface area contributed by atoms with Crippen LogP contribution in [0.25, 0.3) is 0 Å². The molecule has 1 atom stereocenters. The second-order valence-electron chi connectivity index (χ2n) is 7.42. The van der Waals surface area contributed by atoms with Crippen LogP contribution in [0.2, 0.25) is 0 Å². The number of carbonyl (C=O) groups is 2. The molecule has 0 spiro atoms. The number of amides is 2. The van der Waals surface area contributed by atoms with Crippen molar-refractivity contribution in [1.29, 1.82) is 0 Å². The maximum Gasteiger partial charge on any atom is 0.249 e. The fourth-order valence-corrected chi connectivity index (χ4v) is 2.77. The van der Waals surface area contributed by atoms with Crippen molar-refractivity contribution >= 4 is 17.5 Å². The molecule has 0 unspecified atom stereocenters. The second kappa shape index (κ2) is 6.30. The zero-order chi connectivity index (χ0) is 17.4. The minimum atomic E-state index is -0.525. The fraction of sp³-hybridized carbons (Fsp3) is 0.556. The van der Waals surface area contributed by atoms with Crippen molar-refractivity contribution in [3.63, 3.8) is 0 Å². The van der Waals surface area contributed by atoms with Gasteiger partial charge in [0.2, 0.25) is 11.8 Å². The summed E-state index contributed by atoms with van der Waals surface area (Å²) in [4.78, 5) is 28.2. The summed E-state index contributed by atoms with van der Waals surface area (Å²) < 4.78 is 13.7. The van der Waals surface area contributed by atoms with Crippen molar-refractivity contribution in [2.24, 2.45) is 5.41 Å². The van der Waals surface area contributed by atoms with Gasteiger partial charge in [0.25, 0.3) is 0 Å². The third-order valence-corrected chi connectivity index (χ3v) is 4.12. The first-order valence-electron chi connectivity index (χ1n) is 7.97. The topological polar surface area (TPSA) is 40.6 Å². The lowest BCUT2D eigenvalue weighted by Gasteiger charge is -2.40. The Morgan fingerprint density at radius 1 is 1.30 bits per heavy atom. The average Bonchev–Trinajstić information content (AvgIpc) is 2.43. The Kier molecular flexibility index (Phi) is 4.78. The predicted octanol–water partition coefficient (Wildman–Crippen LogP) is 3.13. The average molecular weight is 320 g/mol. The molecule has 5 heteroatoms. The highest BCUT2D eigenvalue weighted by Gasteiger charge is 2.36. The number of nitrogens with zero attached hydrogens (tertiary/aromatic N) is 2. The van der Waals surface area contributed by atoms with Crippen molar-refractivity contribution in [2.75, 3.05) is 18.0 Å². The summed E-state index contributed by atoms with van der Waals surface area (Å²) in [5.41, 5.74) is 0.984. The number of aryl methyl sites for hydroxylation is 1. The summed E-state index contributed by atoms with van der Waals surface area (Å²) in [5, 5.41) is 0. The van der Waals surface area contributed by atoms with Gasteiger partial charge >= 0.3 is 0 Å². The van der Waals surface area contributed by atoms with Crippen LogP contribution in [0.5, 0.6) is 0 Å². The first-order valence-corrected chi connectivity index (χ1v) is 7.97. The molecule has 1 aliphatic rings. The van der Waals surface area contributed by atoms with Gasteiger partial charge in [-0.15, -0.1) is 0 Å². The maximum absolute atomic E-state index is 13.7. The molecule has 23 heavy (non-hydrogen) atoms. The van der Waals surface area contributed by atoms with E-state index in [0.29, 0.717) is 30.8 Å². The highest BCUT2D eigenvalue weighted by molar-refractivity contribution is 6.00. The van der Waals surface area contributed by atoms with E-state index in [-0.39, 0.29) is 23.0 Å². The van der Waals surface area contributed by atoms with Crippen molar-refractivity contribution in [2.45, 2.75) is 47.1 Å². The first kappa shape index (κ1) is 17.4. The van der Waals surface area contributed by atoms with Gasteiger partial charge in [-0.05, 0) is 37.0 Å². The smallest absolute Gasteiger partial charge is 0.249 e. The van der Waals surface area contributed by atoms with E-state index < -0.39 is 6.04 Å². The van der Waals surface area contributed by atoms with E-state index in [1.807, 2.05) is 20.8 Å². The number of halogens is 1. The Balaban J connectivity index is 2.15. The van der Waals surface area contributed by atoms with E-state index in [1.165, 1.54) is 6.07 Å². The van der Waals surface area contributed by atoms with Gasteiger partial charge in [-0.2, -0.15) is 0 Å². The predicted molar refractivity (Wildman–Crippen MR) is 88.7 cm³/mol. The molecule has 126 valence electrons. The van der Waals surface area contributed by atoms with E-state index in [0.717, 1.165) is 0 Å². The van der Waals surface area contributed by atoms with Crippen LogP contribution in [-0.2, 0) is 9.59 Å². The zero-order valence-electron chi connectivity index (χ0n) is 14.5. The van der Waals surface area contributed by atoms with Crippen LogP contribution in [0.4, 0.5) is 10.1 Å². The van der Waals surface area contributed by atoms with Crippen molar-refractivity contribution < 1.29 is 14.0 Å². The molecule has 1 aromatic carbocycles. The van der Waals surface area contributed by atoms with Gasteiger partial charge in [-0.3, -0.25) is 9.59 Å². The largest absolute Gasteiger partial charge is 0.329 e. The van der Waals surface area contributed by atoms with Gasteiger partial charge in [0.05, 0.1) is 0 Å². The lowest BCUT2D eigenvalue weighted by atomic mass is 9.91. The number of hydrogen-bond donors (Lipinski definition) is 0. The molecule has 0 saturated carbocycles. The summed E-state index contributed by atoms with van der Waals surface area (Å²) >= 11 is 0. The third kappa shape index (κ3) is 3.89. The molecule has 4 nitrogen and oxygen atoms in total. The van der Waals surface area contributed by atoms with Crippen molar-refractivity contribution in [3.05, 3.63) is 29.6 Å². The standard InChI is InChI=1S/C18H25FN2O2/c1-12-6-7-14(10-15(12)19)21-9-8-20(13(2)17(21)23)16(22)11-18(3,4)5/h6-7,10,13H,8-9,11H2,1-5H3/t13-/m1/s1. The van der Waals surface area contributed by atoms with Crippen molar-refractivity contribution in [3.8, 4) is 0 Å². The molecule has 1 saturated heterocycles. The van der Waals surface area contributed by atoms with Gasteiger partial charge < -0.3 is 9.80 Å². The SMILES string of the molecule is Cc1ccc(N2CCN(C(=O)CC(C)(C)C)[C@H](C)C2=O)cc1F. The molecule has 2 amide bonds. The zero-order valence-corrected chi connectivity index (χ0v) is 14.5. The van der Waals surface area contributed by atoms with E-state index in [2.05, 4.69) is 0 Å². The Morgan fingerprint density at radius 3 is 2.52 bits per heavy atom. The van der Waals surface area contributed by atoms with Crippen LogP contribution >= 0.6 is 0 Å². The molecule has 0 radical (unpaired) electrons. The summed E-state index contributed by atoms with van der Waals surface area (Å²) in [6.45, 7) is 10.3. The fourth-order valence-electron chi connectivity index (χ4n) is 2.77. The van der Waals surface area contributed by atoms with Gasteiger partial charge in [-0.25, -0.2) is 4.39 Å². The molecule has 0 bridgehead atoms. The monoisotopic (exact) mass is 320 g/mol. The Hall–Kier alpha value is -1.91. The summed E-state index contributed by atoms with van der Waals surface area (Å²) in [6.07, 6.45) is 0.407. The first-order chi connectivity index (χ1) is 10.6. The minimum absolute atomic E-state index is 0.00640. The number of anilines is 1. The van der Waals surface area contributed by atoms with E-state index in [4.69, 9.17) is 0 Å². The molecular weight excluding hydrogens is 295 g/mol. The number of piperazine rings is 1. The lowest BCUT2D eigenvalue weighted by Crippen LogP contribution is -2.58. The molecule has 1 heterocycles. The molecule has 2 rings (SSSR count). The number of carbonyl (C=O) groups excluding carboxylic acids is 2. The van der Waals surface area contributed by atoms with Crippen LogP contribution < -0.4 is 4.90 Å². The Morgan fingerprint density at radius 2 is 1.96 bits per heavy atom. The molecular formula is C18H25FN2O2. The van der Waals surface area contributed by atoms with E-state index in [9.17, 15) is 14.0 Å². The van der Waals surface area contributed by atoms with Crippen LogP contribution in [0, 0.1) is 18.2 Å². The number of rotatable bonds is 2. The van der Waals surface area contributed by atoms with Crippen LogP contribution in [0.1, 0.15) is 39.7 Å². The van der Waals surface area contributed by atoms with Crippen molar-refractivity contribution in [1.82, 2.24) is 4.90 Å². The molecule has 0 N–H and O–H groups in total. The van der Waals surface area contributed by atoms with Gasteiger partial charge in [-0.1, -0.05) is 26.8 Å². The Labute approximate surface area is 137 Å². The minimum Gasteiger partial charge on any atom is -0.329 e. The normalized spacial score (nSPS) is 19.2.